The van der Waals surface area contributed by atoms with Crippen LogP contribution in [0.2, 0.25) is 0 Å². The van der Waals surface area contributed by atoms with E-state index in [1.54, 1.807) is 0 Å². The van der Waals surface area contributed by atoms with E-state index in [-0.39, 0.29) is 10.8 Å². The van der Waals surface area contributed by atoms with E-state index in [0.717, 1.165) is 68.5 Å². The van der Waals surface area contributed by atoms with Gasteiger partial charge in [-0.1, -0.05) is 71.9 Å². The van der Waals surface area contributed by atoms with E-state index in [9.17, 15) is 0 Å². The molecule has 0 fully saturated rings. The van der Waals surface area contributed by atoms with Gasteiger partial charge in [0.05, 0.1) is 0 Å². The summed E-state index contributed by atoms with van der Waals surface area (Å²) >= 11 is 2.49. The van der Waals surface area contributed by atoms with E-state index in [1.807, 2.05) is 18.3 Å². The molecule has 6 heterocycles. The Balaban J connectivity index is 1.03. The number of hydrogen-bond acceptors (Lipinski definition) is 2. The standard InChI is InChI=1S/C57H54N4O.Pt/c1-36-29-55(58-33-51(36)41-17-21-43(22-18-41)56(4,5)6)61-52-28-23-44(57(7,8)9)30-50(52)49-27-26-48(32-53(49)61)62-47-12-10-11-46(31-47)59-34-54-42-16-15-39-13-14-40(38(3)37(39)2)19-24-45(25-20-42)60(54)35-59;/h10-14,17-18,20-23,25-30,33-34H,15-16,19,24H2,1-9H3;/q-2;. The molecule has 4 aliphatic rings. The molecule has 0 N–H and O–H groups in total. The molecule has 2 aliphatic heterocycles. The third kappa shape index (κ3) is 7.43. The number of ether oxygens (including phenoxy) is 1. The van der Waals surface area contributed by atoms with Crippen molar-refractivity contribution in [2.75, 3.05) is 0 Å². The van der Waals surface area contributed by atoms with Gasteiger partial charge in [0.15, 0.2) is 0 Å². The summed E-state index contributed by atoms with van der Waals surface area (Å²) in [5, 5.41) is 2.28. The molecule has 13 rings (SSSR count). The van der Waals surface area contributed by atoms with Crippen LogP contribution < -0.4 is 4.74 Å². The third-order valence-electron chi connectivity index (χ3n) is 13.4. The van der Waals surface area contributed by atoms with E-state index in [1.165, 1.54) is 61.1 Å². The van der Waals surface area contributed by atoms with Crippen molar-refractivity contribution in [3.8, 4) is 34.1 Å². The van der Waals surface area contributed by atoms with Crippen LogP contribution in [0, 0.1) is 36.7 Å². The Morgan fingerprint density at radius 3 is 2.02 bits per heavy atom. The van der Waals surface area contributed by atoms with Crippen molar-refractivity contribution in [1.82, 2.24) is 18.5 Å². The van der Waals surface area contributed by atoms with E-state index in [0.29, 0.717) is 11.5 Å². The minimum Gasteiger partial charge on any atom is -0.0579 e. The van der Waals surface area contributed by atoms with E-state index < -0.39 is 0 Å². The van der Waals surface area contributed by atoms with Gasteiger partial charge in [-0.3, -0.25) is 0 Å². The summed E-state index contributed by atoms with van der Waals surface area (Å²) in [7, 11) is 0. The summed E-state index contributed by atoms with van der Waals surface area (Å²) < 4.78 is 14.8. The van der Waals surface area contributed by atoms with Crippen LogP contribution in [0.25, 0.3) is 50.0 Å². The van der Waals surface area contributed by atoms with Crippen molar-refractivity contribution < 1.29 is 24.1 Å². The fourth-order valence-electron chi connectivity index (χ4n) is 9.41. The van der Waals surface area contributed by atoms with Gasteiger partial charge >= 0.3 is 261 Å². The van der Waals surface area contributed by atoms with Crippen molar-refractivity contribution in [2.45, 2.75) is 98.8 Å². The first-order valence-electron chi connectivity index (χ1n) is 22.2. The van der Waals surface area contributed by atoms with Crippen LogP contribution >= 0.6 is 0 Å². The molecule has 0 amide bonds. The Kier molecular flexibility index (Phi) is 10.1. The molecule has 320 valence electrons. The van der Waals surface area contributed by atoms with Gasteiger partial charge in [0.2, 0.25) is 0 Å². The molecule has 0 atom stereocenters. The van der Waals surface area contributed by atoms with Gasteiger partial charge in [-0.15, -0.1) is 0 Å². The molecule has 5 aromatic carbocycles. The number of imidazole rings is 1. The van der Waals surface area contributed by atoms with Gasteiger partial charge in [-0.25, -0.2) is 0 Å². The zero-order chi connectivity index (χ0) is 43.9. The molecule has 0 saturated carbocycles. The van der Waals surface area contributed by atoms with Crippen molar-refractivity contribution in [3.63, 3.8) is 0 Å². The molecule has 9 aromatic rings. The molecule has 63 heavy (non-hydrogen) atoms. The van der Waals surface area contributed by atoms with E-state index in [2.05, 4.69) is 205 Å². The second-order valence-corrected chi connectivity index (χ2v) is 20.6. The van der Waals surface area contributed by atoms with Crippen LogP contribution in [0.15, 0.2) is 116 Å². The smallest absolute Gasteiger partial charge is 0.0579 e. The summed E-state index contributed by atoms with van der Waals surface area (Å²) in [5.74, 6) is 2.11. The molecular formula is C57H54N4OPt-2. The summed E-state index contributed by atoms with van der Waals surface area (Å²) in [6.07, 6.45) is 8.27. The Hall–Kier alpha value is -5.77. The Labute approximate surface area is 382 Å². The van der Waals surface area contributed by atoms with Gasteiger partial charge < -0.3 is 0 Å². The minimum absolute atomic E-state index is 0.00112. The van der Waals surface area contributed by atoms with E-state index >= 15 is 0 Å². The summed E-state index contributed by atoms with van der Waals surface area (Å²) in [5.41, 5.74) is 18.8. The second kappa shape index (κ2) is 15.5. The van der Waals surface area contributed by atoms with Gasteiger partial charge in [-0.2, -0.15) is 0 Å². The summed E-state index contributed by atoms with van der Waals surface area (Å²) in [6.45, 7) is 20.3. The minimum atomic E-state index is -0.00112. The fraction of sp³-hybridized carbons (Fsp3) is 0.263. The molecule has 0 saturated heterocycles. The number of hydrogen-bond donors (Lipinski definition) is 0. The SMILES string of the molecule is Cc1cc(-n2c3[c-]c(Oc4[c-]c(-n5cc6c7ccc(n6[c]5=[Pt])CCc5ccc(c(C)c5C)CC7)ccc4)ccc3c3cc(C(C)(C)C)ccc32)ncc1-c1ccc(C(C)(C)C)cc1. The van der Waals surface area contributed by atoms with Gasteiger partial charge in [0, 0.05) is 11.8 Å². The zero-order valence-corrected chi connectivity index (χ0v) is 40.1. The summed E-state index contributed by atoms with van der Waals surface area (Å²) in [4.78, 5) is 5.13. The van der Waals surface area contributed by atoms with Gasteiger partial charge in [-0.05, 0) is 40.0 Å². The molecule has 5 nitrogen and oxygen atoms in total. The Morgan fingerprint density at radius 1 is 0.635 bits per heavy atom. The molecule has 6 heteroatoms. The normalized spacial score (nSPS) is 13.3. The second-order valence-electron chi connectivity index (χ2n) is 19.5. The number of benzene rings is 5. The predicted molar refractivity (Wildman–Crippen MR) is 255 cm³/mol. The number of rotatable bonds is 5. The first-order chi connectivity index (χ1) is 30.1. The first kappa shape index (κ1) is 41.3. The fourth-order valence-corrected chi connectivity index (χ4v) is 10.4. The topological polar surface area (TPSA) is 36.4 Å². The monoisotopic (exact) mass is 1010 g/mol. The predicted octanol–water partition coefficient (Wildman–Crippen LogP) is 13.8. The zero-order valence-electron chi connectivity index (χ0n) is 37.8. The first-order valence-corrected chi connectivity index (χ1v) is 23.3. The maximum atomic E-state index is 6.69. The molecule has 4 bridgehead atoms. The summed E-state index contributed by atoms with van der Waals surface area (Å²) in [6, 6.07) is 45.0. The van der Waals surface area contributed by atoms with Crippen molar-refractivity contribution in [2.24, 2.45) is 0 Å². The van der Waals surface area contributed by atoms with Crippen molar-refractivity contribution in [1.29, 1.82) is 0 Å². The van der Waals surface area contributed by atoms with Crippen LogP contribution in [0.4, 0.5) is 0 Å². The Morgan fingerprint density at radius 2 is 1.30 bits per heavy atom. The molecule has 0 unspecified atom stereocenters. The molecular weight excluding hydrogens is 952 g/mol. The number of aryl methyl sites for hydroxylation is 5. The Bertz CT molecular complexity index is 3330. The van der Waals surface area contributed by atoms with Crippen LogP contribution in [0.5, 0.6) is 11.5 Å². The van der Waals surface area contributed by atoms with Crippen LogP contribution in [0.3, 0.4) is 0 Å². The van der Waals surface area contributed by atoms with E-state index in [4.69, 9.17) is 9.72 Å². The maximum absolute atomic E-state index is 6.69. The quantitative estimate of drug-likeness (QED) is 0.161. The number of aromatic nitrogens is 4. The third-order valence-corrected chi connectivity index (χ3v) is 14.5. The number of nitrogens with zero attached hydrogens (tertiary/aromatic N) is 4. The van der Waals surface area contributed by atoms with Crippen molar-refractivity contribution in [3.05, 3.63) is 182 Å². The molecule has 0 spiro atoms. The van der Waals surface area contributed by atoms with Gasteiger partial charge in [0.25, 0.3) is 0 Å². The average Bonchev–Trinajstić information content (AvgIpc) is 3.77. The number of fused-ring (bicyclic) bond motifs is 3. The van der Waals surface area contributed by atoms with Crippen LogP contribution in [-0.4, -0.2) is 18.5 Å². The molecule has 4 aromatic heterocycles. The molecule has 0 radical (unpaired) electrons. The van der Waals surface area contributed by atoms with Crippen LogP contribution in [0.1, 0.15) is 91.7 Å². The average molecular weight is 1010 g/mol. The van der Waals surface area contributed by atoms with Gasteiger partial charge in [0.1, 0.15) is 0 Å². The van der Waals surface area contributed by atoms with Crippen LogP contribution in [-0.2, 0) is 55.9 Å². The number of pyridine rings is 2. The molecule has 2 aliphatic carbocycles. The van der Waals surface area contributed by atoms with Crippen molar-refractivity contribution >= 4 is 27.3 Å².